The number of carbonyl (C=O) groups excluding carboxylic acids is 1. The lowest BCUT2D eigenvalue weighted by molar-refractivity contribution is -0.113. The van der Waals surface area contributed by atoms with Crippen molar-refractivity contribution in [3.63, 3.8) is 0 Å². The van der Waals surface area contributed by atoms with Gasteiger partial charge in [-0.3, -0.25) is 14.6 Å². The molecule has 3 aromatic rings. The van der Waals surface area contributed by atoms with Crippen LogP contribution in [0.5, 0.6) is 0 Å². The molecule has 2 heterocycles. The lowest BCUT2D eigenvalue weighted by atomic mass is 10.3. The van der Waals surface area contributed by atoms with Gasteiger partial charge in [-0.1, -0.05) is 0 Å². The Bertz CT molecular complexity index is 1110. The number of halogens is 1. The molecule has 3 rings (SSSR count). The SMILES string of the molecule is N#Cc1c(SCC(=O)Nc2ccc(F)cc2)sc2c(=O)[nH]c(=O)[nH]c12. The molecule has 0 atom stereocenters. The molecular formula is C15H9FN4O3S2. The Morgan fingerprint density at radius 3 is 2.68 bits per heavy atom. The van der Waals surface area contributed by atoms with E-state index in [1.54, 1.807) is 0 Å². The quantitative estimate of drug-likeness (QED) is 0.602. The molecule has 1 amide bonds. The summed E-state index contributed by atoms with van der Waals surface area (Å²) in [5, 5.41) is 11.9. The van der Waals surface area contributed by atoms with Crippen molar-refractivity contribution in [3.05, 3.63) is 56.5 Å². The predicted octanol–water partition coefficient (Wildman–Crippen LogP) is 2.02. The fraction of sp³-hybridized carbons (Fsp3) is 0.0667. The molecule has 0 spiro atoms. The first-order chi connectivity index (χ1) is 12.0. The Morgan fingerprint density at radius 2 is 2.00 bits per heavy atom. The molecule has 0 aliphatic carbocycles. The standard InChI is InChI=1S/C15H9FN4O3S2/c16-7-1-3-8(4-2-7)18-10(21)6-24-14-9(5-17)11-12(25-14)13(22)20-15(23)19-11/h1-4H,6H2,(H,18,21)(H2,19,20,22,23). The van der Waals surface area contributed by atoms with Gasteiger partial charge in [-0.25, -0.2) is 9.18 Å². The van der Waals surface area contributed by atoms with Crippen LogP contribution in [0.3, 0.4) is 0 Å². The third-order valence-electron chi connectivity index (χ3n) is 3.12. The molecule has 2 aromatic heterocycles. The minimum Gasteiger partial charge on any atom is -0.325 e. The van der Waals surface area contributed by atoms with Crippen LogP contribution in [-0.2, 0) is 4.79 Å². The number of fused-ring (bicyclic) bond motifs is 1. The van der Waals surface area contributed by atoms with Crippen molar-refractivity contribution in [1.82, 2.24) is 9.97 Å². The van der Waals surface area contributed by atoms with Gasteiger partial charge in [-0.2, -0.15) is 5.26 Å². The van der Waals surface area contributed by atoms with Gasteiger partial charge in [0, 0.05) is 5.69 Å². The highest BCUT2D eigenvalue weighted by atomic mass is 32.2. The average Bonchev–Trinajstić information content (AvgIpc) is 2.93. The zero-order valence-electron chi connectivity index (χ0n) is 12.4. The Kier molecular flexibility index (Phi) is 4.69. The van der Waals surface area contributed by atoms with Crippen molar-refractivity contribution in [3.8, 4) is 6.07 Å². The molecule has 0 radical (unpaired) electrons. The number of aromatic nitrogens is 2. The van der Waals surface area contributed by atoms with Crippen molar-refractivity contribution in [2.75, 3.05) is 11.1 Å². The molecule has 0 saturated carbocycles. The lowest BCUT2D eigenvalue weighted by Crippen LogP contribution is -2.20. The largest absolute Gasteiger partial charge is 0.326 e. The first kappa shape index (κ1) is 16.9. The van der Waals surface area contributed by atoms with Gasteiger partial charge in [0.15, 0.2) is 0 Å². The summed E-state index contributed by atoms with van der Waals surface area (Å²) >= 11 is 2.11. The first-order valence-electron chi connectivity index (χ1n) is 6.85. The molecule has 7 nitrogen and oxygen atoms in total. The number of hydrogen-bond donors (Lipinski definition) is 3. The first-order valence-corrected chi connectivity index (χ1v) is 8.65. The van der Waals surface area contributed by atoms with E-state index in [1.807, 2.05) is 6.07 Å². The van der Waals surface area contributed by atoms with Crippen LogP contribution in [0.15, 0.2) is 38.1 Å². The summed E-state index contributed by atoms with van der Waals surface area (Å²) in [6.07, 6.45) is 0. The summed E-state index contributed by atoms with van der Waals surface area (Å²) in [7, 11) is 0. The van der Waals surface area contributed by atoms with Gasteiger partial charge in [-0.15, -0.1) is 23.1 Å². The van der Waals surface area contributed by atoms with E-state index in [0.717, 1.165) is 23.1 Å². The Balaban J connectivity index is 1.79. The van der Waals surface area contributed by atoms with Gasteiger partial charge in [0.1, 0.15) is 22.1 Å². The van der Waals surface area contributed by atoms with Crippen molar-refractivity contribution in [2.24, 2.45) is 0 Å². The number of nitriles is 1. The van der Waals surface area contributed by atoms with Gasteiger partial charge in [-0.05, 0) is 24.3 Å². The highest BCUT2D eigenvalue weighted by Gasteiger charge is 2.17. The number of nitrogens with one attached hydrogen (secondary N) is 3. The van der Waals surface area contributed by atoms with Gasteiger partial charge in [0.25, 0.3) is 5.56 Å². The Labute approximate surface area is 147 Å². The highest BCUT2D eigenvalue weighted by Crippen LogP contribution is 2.34. The number of carbonyl (C=O) groups is 1. The van der Waals surface area contributed by atoms with E-state index >= 15 is 0 Å². The maximum Gasteiger partial charge on any atom is 0.326 e. The average molecular weight is 376 g/mol. The third kappa shape index (κ3) is 3.62. The Hall–Kier alpha value is -2.90. The lowest BCUT2D eigenvalue weighted by Gasteiger charge is -2.04. The number of hydrogen-bond acceptors (Lipinski definition) is 6. The number of amides is 1. The second-order valence-corrected chi connectivity index (χ2v) is 7.10. The summed E-state index contributed by atoms with van der Waals surface area (Å²) in [4.78, 5) is 39.7. The van der Waals surface area contributed by atoms with Crippen molar-refractivity contribution < 1.29 is 9.18 Å². The molecule has 1 aromatic carbocycles. The molecule has 3 N–H and O–H groups in total. The van der Waals surface area contributed by atoms with Crippen molar-refractivity contribution in [1.29, 1.82) is 5.26 Å². The van der Waals surface area contributed by atoms with Crippen LogP contribution in [0.4, 0.5) is 10.1 Å². The van der Waals surface area contributed by atoms with Gasteiger partial charge >= 0.3 is 5.69 Å². The fourth-order valence-electron chi connectivity index (χ4n) is 2.06. The number of nitrogens with zero attached hydrogens (tertiary/aromatic N) is 1. The summed E-state index contributed by atoms with van der Waals surface area (Å²) in [5.41, 5.74) is -0.504. The molecular weight excluding hydrogens is 367 g/mol. The summed E-state index contributed by atoms with van der Waals surface area (Å²) in [6.45, 7) is 0. The number of thiophene rings is 1. The summed E-state index contributed by atoms with van der Waals surface area (Å²) in [6, 6.07) is 7.27. The number of anilines is 1. The van der Waals surface area contributed by atoms with E-state index in [-0.39, 0.29) is 27.4 Å². The highest BCUT2D eigenvalue weighted by molar-refractivity contribution is 8.02. The molecule has 10 heteroatoms. The maximum atomic E-state index is 12.8. The van der Waals surface area contributed by atoms with Crippen molar-refractivity contribution in [2.45, 2.75) is 4.21 Å². The van der Waals surface area contributed by atoms with Crippen LogP contribution in [0.2, 0.25) is 0 Å². The minimum absolute atomic E-state index is 0.0129. The number of rotatable bonds is 4. The minimum atomic E-state index is -0.697. The second-order valence-electron chi connectivity index (χ2n) is 4.83. The molecule has 0 saturated heterocycles. The monoisotopic (exact) mass is 376 g/mol. The molecule has 25 heavy (non-hydrogen) atoms. The Morgan fingerprint density at radius 1 is 1.28 bits per heavy atom. The van der Waals surface area contributed by atoms with Crippen LogP contribution in [0.25, 0.3) is 10.2 Å². The van der Waals surface area contributed by atoms with E-state index in [0.29, 0.717) is 9.90 Å². The van der Waals surface area contributed by atoms with E-state index in [9.17, 15) is 24.0 Å². The molecule has 0 unspecified atom stereocenters. The van der Waals surface area contributed by atoms with Crippen LogP contribution in [-0.4, -0.2) is 21.6 Å². The fourth-order valence-corrected chi connectivity index (χ4v) is 4.18. The zero-order chi connectivity index (χ0) is 18.0. The number of benzene rings is 1. The van der Waals surface area contributed by atoms with Gasteiger partial charge in [0.05, 0.1) is 15.5 Å². The molecule has 0 bridgehead atoms. The molecule has 0 aliphatic heterocycles. The number of H-pyrrole nitrogens is 2. The van der Waals surface area contributed by atoms with Crippen LogP contribution in [0.1, 0.15) is 5.56 Å². The van der Waals surface area contributed by atoms with E-state index < -0.39 is 17.1 Å². The van der Waals surface area contributed by atoms with Crippen LogP contribution in [0, 0.1) is 17.1 Å². The van der Waals surface area contributed by atoms with E-state index in [4.69, 9.17) is 0 Å². The topological polar surface area (TPSA) is 119 Å². The summed E-state index contributed by atoms with van der Waals surface area (Å²) < 4.78 is 13.5. The number of thioether (sulfide) groups is 1. The predicted molar refractivity (Wildman–Crippen MR) is 93.5 cm³/mol. The smallest absolute Gasteiger partial charge is 0.325 e. The third-order valence-corrected chi connectivity index (χ3v) is 5.58. The van der Waals surface area contributed by atoms with Gasteiger partial charge in [0.2, 0.25) is 5.91 Å². The van der Waals surface area contributed by atoms with Crippen LogP contribution >= 0.6 is 23.1 Å². The van der Waals surface area contributed by atoms with Crippen LogP contribution < -0.4 is 16.6 Å². The van der Waals surface area contributed by atoms with E-state index in [1.165, 1.54) is 24.3 Å². The van der Waals surface area contributed by atoms with Gasteiger partial charge < -0.3 is 10.3 Å². The maximum absolute atomic E-state index is 12.8. The summed E-state index contributed by atoms with van der Waals surface area (Å²) in [5.74, 6) is -0.767. The zero-order valence-corrected chi connectivity index (χ0v) is 14.0. The molecule has 0 fully saturated rings. The second kappa shape index (κ2) is 6.92. The van der Waals surface area contributed by atoms with E-state index in [2.05, 4.69) is 15.3 Å². The normalized spacial score (nSPS) is 10.6. The molecule has 126 valence electrons. The number of aromatic amines is 2. The van der Waals surface area contributed by atoms with Crippen molar-refractivity contribution >= 4 is 44.9 Å². The molecule has 0 aliphatic rings.